The predicted octanol–water partition coefficient (Wildman–Crippen LogP) is 4.31. The summed E-state index contributed by atoms with van der Waals surface area (Å²) in [5, 5.41) is 19.9. The number of nitro benzene ring substituents is 1. The molecule has 0 saturated carbocycles. The van der Waals surface area contributed by atoms with Crippen molar-refractivity contribution < 1.29 is 10.0 Å². The lowest BCUT2D eigenvalue weighted by Gasteiger charge is -2.07. The topological polar surface area (TPSA) is 63.4 Å². The number of aliphatic hydroxyl groups excluding tert-OH is 1. The fourth-order valence-electron chi connectivity index (χ4n) is 1.71. The van der Waals surface area contributed by atoms with Gasteiger partial charge in [0.25, 0.3) is 5.69 Å². The first-order chi connectivity index (χ1) is 9.51. The molecule has 0 fully saturated rings. The largest absolute Gasteiger partial charge is 0.392 e. The van der Waals surface area contributed by atoms with Crippen LogP contribution >= 0.6 is 27.7 Å². The number of benzene rings is 2. The maximum atomic E-state index is 10.9. The third-order valence-corrected chi connectivity index (χ3v) is 4.76. The van der Waals surface area contributed by atoms with Crippen LogP contribution in [-0.4, -0.2) is 10.0 Å². The zero-order valence-electron chi connectivity index (χ0n) is 10.7. The Labute approximate surface area is 129 Å². The molecule has 20 heavy (non-hydrogen) atoms. The summed E-state index contributed by atoms with van der Waals surface area (Å²) in [6.07, 6.45) is 0. The highest BCUT2D eigenvalue weighted by Crippen LogP contribution is 2.37. The maximum Gasteiger partial charge on any atom is 0.273 e. The van der Waals surface area contributed by atoms with Crippen molar-refractivity contribution in [2.24, 2.45) is 0 Å². The first kappa shape index (κ1) is 15.0. The zero-order chi connectivity index (χ0) is 14.7. The van der Waals surface area contributed by atoms with Crippen LogP contribution in [0.2, 0.25) is 0 Å². The van der Waals surface area contributed by atoms with Crippen LogP contribution in [-0.2, 0) is 6.61 Å². The Hall–Kier alpha value is -1.37. The van der Waals surface area contributed by atoms with Crippen LogP contribution < -0.4 is 0 Å². The van der Waals surface area contributed by atoms with E-state index in [1.807, 2.05) is 24.3 Å². The first-order valence-corrected chi connectivity index (χ1v) is 7.44. The number of nitrogens with zero attached hydrogens (tertiary/aromatic N) is 1. The minimum Gasteiger partial charge on any atom is -0.392 e. The number of aryl methyl sites for hydroxylation is 1. The van der Waals surface area contributed by atoms with Crippen LogP contribution in [0.15, 0.2) is 50.7 Å². The zero-order valence-corrected chi connectivity index (χ0v) is 13.1. The van der Waals surface area contributed by atoms with E-state index < -0.39 is 0 Å². The Morgan fingerprint density at radius 2 is 1.95 bits per heavy atom. The summed E-state index contributed by atoms with van der Waals surface area (Å²) in [4.78, 5) is 12.4. The Bertz CT molecular complexity index is 644. The van der Waals surface area contributed by atoms with Gasteiger partial charge in [-0.3, -0.25) is 10.1 Å². The second-order valence-corrected chi connectivity index (χ2v) is 6.20. The summed E-state index contributed by atoms with van der Waals surface area (Å²) < 4.78 is 0.700. The molecule has 0 saturated heterocycles. The van der Waals surface area contributed by atoms with Crippen molar-refractivity contribution in [1.82, 2.24) is 0 Å². The predicted molar refractivity (Wildman–Crippen MR) is 82.0 cm³/mol. The van der Waals surface area contributed by atoms with Crippen molar-refractivity contribution in [1.29, 1.82) is 0 Å². The number of rotatable bonds is 4. The Kier molecular flexibility index (Phi) is 4.80. The highest BCUT2D eigenvalue weighted by atomic mass is 79.9. The molecule has 0 radical (unpaired) electrons. The lowest BCUT2D eigenvalue weighted by atomic mass is 10.2. The molecule has 2 aromatic carbocycles. The minimum atomic E-state index is -0.384. The van der Waals surface area contributed by atoms with E-state index in [1.54, 1.807) is 13.0 Å². The Morgan fingerprint density at radius 1 is 1.30 bits per heavy atom. The number of nitro groups is 1. The fourth-order valence-corrected chi connectivity index (χ4v) is 3.20. The highest BCUT2D eigenvalue weighted by molar-refractivity contribution is 9.10. The van der Waals surface area contributed by atoms with Gasteiger partial charge >= 0.3 is 0 Å². The molecule has 1 N–H and O–H groups in total. The molecule has 6 heteroatoms. The normalized spacial score (nSPS) is 10.6. The van der Waals surface area contributed by atoms with Gasteiger partial charge in [-0.25, -0.2) is 0 Å². The summed E-state index contributed by atoms with van der Waals surface area (Å²) in [7, 11) is 0. The number of aliphatic hydroxyl groups is 1. The van der Waals surface area contributed by atoms with E-state index in [1.165, 1.54) is 17.8 Å². The molecule has 2 aromatic rings. The lowest BCUT2D eigenvalue weighted by Crippen LogP contribution is -1.92. The number of hydrogen-bond donors (Lipinski definition) is 1. The van der Waals surface area contributed by atoms with Crippen molar-refractivity contribution in [2.45, 2.75) is 23.3 Å². The fraction of sp³-hybridized carbons (Fsp3) is 0.143. The van der Waals surface area contributed by atoms with Gasteiger partial charge in [0.15, 0.2) is 0 Å². The quantitative estimate of drug-likeness (QED) is 0.657. The van der Waals surface area contributed by atoms with Crippen molar-refractivity contribution in [2.75, 3.05) is 0 Å². The molecule has 0 bridgehead atoms. The second-order valence-electron chi connectivity index (χ2n) is 4.23. The van der Waals surface area contributed by atoms with Gasteiger partial charge in [0, 0.05) is 25.9 Å². The van der Waals surface area contributed by atoms with Crippen molar-refractivity contribution in [3.05, 3.63) is 62.1 Å². The summed E-state index contributed by atoms with van der Waals surface area (Å²) in [6.45, 7) is 1.74. The van der Waals surface area contributed by atoms with Crippen molar-refractivity contribution >= 4 is 33.4 Å². The molecule has 0 unspecified atom stereocenters. The van der Waals surface area contributed by atoms with E-state index in [9.17, 15) is 10.1 Å². The highest BCUT2D eigenvalue weighted by Gasteiger charge is 2.14. The SMILES string of the molecule is Cc1cc(Sc2ccc(CO)cc2)c(Br)cc1[N+](=O)[O-]. The van der Waals surface area contributed by atoms with Gasteiger partial charge in [-0.05, 0) is 46.6 Å². The molecule has 0 heterocycles. The van der Waals surface area contributed by atoms with Gasteiger partial charge in [-0.15, -0.1) is 0 Å². The van der Waals surface area contributed by atoms with Crippen molar-refractivity contribution in [3.8, 4) is 0 Å². The van der Waals surface area contributed by atoms with Crippen LogP contribution in [0, 0.1) is 17.0 Å². The van der Waals surface area contributed by atoms with Gasteiger partial charge < -0.3 is 5.11 Å². The molecule has 0 aromatic heterocycles. The van der Waals surface area contributed by atoms with Crippen LogP contribution in [0.25, 0.3) is 0 Å². The van der Waals surface area contributed by atoms with E-state index in [-0.39, 0.29) is 17.2 Å². The van der Waals surface area contributed by atoms with Crippen LogP contribution in [0.5, 0.6) is 0 Å². The summed E-state index contributed by atoms with van der Waals surface area (Å²) in [5.41, 5.74) is 1.60. The van der Waals surface area contributed by atoms with Crippen LogP contribution in [0.1, 0.15) is 11.1 Å². The van der Waals surface area contributed by atoms with E-state index in [0.29, 0.717) is 10.0 Å². The smallest absolute Gasteiger partial charge is 0.273 e. The number of hydrogen-bond acceptors (Lipinski definition) is 4. The van der Waals surface area contributed by atoms with Gasteiger partial charge in [0.2, 0.25) is 0 Å². The average Bonchev–Trinajstić information content (AvgIpc) is 2.43. The monoisotopic (exact) mass is 353 g/mol. The second kappa shape index (κ2) is 6.39. The van der Waals surface area contributed by atoms with E-state index in [4.69, 9.17) is 5.11 Å². The molecule has 0 amide bonds. The molecule has 4 nitrogen and oxygen atoms in total. The van der Waals surface area contributed by atoms with Gasteiger partial charge in [-0.1, -0.05) is 23.9 Å². The minimum absolute atomic E-state index is 0.0191. The Morgan fingerprint density at radius 3 is 2.50 bits per heavy atom. The summed E-state index contributed by atoms with van der Waals surface area (Å²) >= 11 is 4.89. The molecule has 0 aliphatic carbocycles. The third kappa shape index (κ3) is 3.39. The van der Waals surface area contributed by atoms with E-state index in [0.717, 1.165) is 15.4 Å². The molecule has 0 spiro atoms. The summed E-state index contributed by atoms with van der Waals surface area (Å²) in [5.74, 6) is 0. The molecule has 0 aliphatic rings. The Balaban J connectivity index is 2.29. The lowest BCUT2D eigenvalue weighted by molar-refractivity contribution is -0.385. The molecule has 104 valence electrons. The molecule has 2 rings (SSSR count). The average molecular weight is 354 g/mol. The van der Waals surface area contributed by atoms with Gasteiger partial charge in [-0.2, -0.15) is 0 Å². The van der Waals surface area contributed by atoms with Gasteiger partial charge in [0.05, 0.1) is 11.5 Å². The van der Waals surface area contributed by atoms with Crippen molar-refractivity contribution in [3.63, 3.8) is 0 Å². The number of halogens is 1. The van der Waals surface area contributed by atoms with E-state index in [2.05, 4.69) is 15.9 Å². The van der Waals surface area contributed by atoms with Crippen LogP contribution in [0.3, 0.4) is 0 Å². The third-order valence-electron chi connectivity index (χ3n) is 2.78. The molecule has 0 aliphatic heterocycles. The molecular formula is C14H12BrNO3S. The van der Waals surface area contributed by atoms with Gasteiger partial charge in [0.1, 0.15) is 0 Å². The van der Waals surface area contributed by atoms with E-state index >= 15 is 0 Å². The molecular weight excluding hydrogens is 342 g/mol. The first-order valence-electron chi connectivity index (χ1n) is 5.83. The standard InChI is InChI=1S/C14H12BrNO3S/c1-9-6-14(12(15)7-13(9)16(18)19)20-11-4-2-10(8-17)3-5-11/h2-7,17H,8H2,1H3. The molecule has 0 atom stereocenters. The van der Waals surface area contributed by atoms with Crippen LogP contribution in [0.4, 0.5) is 5.69 Å². The summed E-state index contributed by atoms with van der Waals surface area (Å²) in [6, 6.07) is 10.9. The maximum absolute atomic E-state index is 10.9.